The molecule has 1 fully saturated rings. The Balaban J connectivity index is 1.91. The van der Waals surface area contributed by atoms with Crippen LogP contribution in [0, 0.1) is 19.8 Å². The lowest BCUT2D eigenvalue weighted by molar-refractivity contribution is -0.117. The zero-order chi connectivity index (χ0) is 15.4. The van der Waals surface area contributed by atoms with Crippen molar-refractivity contribution in [1.29, 1.82) is 0 Å². The predicted molar refractivity (Wildman–Crippen MR) is 87.4 cm³/mol. The van der Waals surface area contributed by atoms with E-state index >= 15 is 0 Å². The first-order valence-corrected chi connectivity index (χ1v) is 7.81. The molecule has 0 bridgehead atoms. The van der Waals surface area contributed by atoms with Gasteiger partial charge in [-0.05, 0) is 63.3 Å². The van der Waals surface area contributed by atoms with Gasteiger partial charge in [-0.1, -0.05) is 12.1 Å². The second kappa shape index (κ2) is 7.05. The van der Waals surface area contributed by atoms with Crippen molar-refractivity contribution in [3.05, 3.63) is 29.3 Å². The van der Waals surface area contributed by atoms with E-state index in [2.05, 4.69) is 30.1 Å². The van der Waals surface area contributed by atoms with Crippen molar-refractivity contribution in [3.63, 3.8) is 0 Å². The van der Waals surface area contributed by atoms with Crippen LogP contribution in [0.4, 0.5) is 5.69 Å². The van der Waals surface area contributed by atoms with E-state index in [4.69, 9.17) is 5.73 Å². The van der Waals surface area contributed by atoms with Gasteiger partial charge >= 0.3 is 0 Å². The molecule has 4 heteroatoms. The highest BCUT2D eigenvalue weighted by Gasteiger charge is 2.24. The third kappa shape index (κ3) is 4.29. The molecule has 2 atom stereocenters. The van der Waals surface area contributed by atoms with Crippen LogP contribution in [-0.2, 0) is 4.79 Å². The van der Waals surface area contributed by atoms with Crippen LogP contribution in [0.5, 0.6) is 0 Å². The number of aryl methyl sites for hydroxylation is 1. The van der Waals surface area contributed by atoms with Crippen molar-refractivity contribution < 1.29 is 4.79 Å². The van der Waals surface area contributed by atoms with Crippen molar-refractivity contribution >= 4 is 11.6 Å². The summed E-state index contributed by atoms with van der Waals surface area (Å²) in [6, 6.07) is 6.20. The maximum Gasteiger partial charge on any atom is 0.238 e. The van der Waals surface area contributed by atoms with Gasteiger partial charge in [0.1, 0.15) is 0 Å². The fourth-order valence-corrected chi connectivity index (χ4v) is 2.94. The zero-order valence-corrected chi connectivity index (χ0v) is 13.4. The van der Waals surface area contributed by atoms with Gasteiger partial charge < -0.3 is 11.1 Å². The quantitative estimate of drug-likeness (QED) is 0.894. The number of nitrogens with two attached hydrogens (primary N) is 1. The van der Waals surface area contributed by atoms with E-state index in [0.29, 0.717) is 12.5 Å². The van der Waals surface area contributed by atoms with Gasteiger partial charge in [0, 0.05) is 18.3 Å². The van der Waals surface area contributed by atoms with E-state index in [9.17, 15) is 4.79 Å². The van der Waals surface area contributed by atoms with Crippen molar-refractivity contribution in [3.8, 4) is 0 Å². The molecule has 116 valence electrons. The summed E-state index contributed by atoms with van der Waals surface area (Å²) >= 11 is 0. The summed E-state index contributed by atoms with van der Waals surface area (Å²) in [6.45, 7) is 8.53. The van der Waals surface area contributed by atoms with Gasteiger partial charge in [-0.3, -0.25) is 9.69 Å². The SMILES string of the molecule is Cc1cccc(NC(=O)CN2CCCC(C(C)N)C2)c1C. The van der Waals surface area contributed by atoms with Crippen LogP contribution < -0.4 is 11.1 Å². The molecular weight excluding hydrogens is 262 g/mol. The lowest BCUT2D eigenvalue weighted by atomic mass is 9.92. The summed E-state index contributed by atoms with van der Waals surface area (Å²) in [5, 5.41) is 3.03. The van der Waals surface area contributed by atoms with E-state index in [0.717, 1.165) is 30.8 Å². The zero-order valence-electron chi connectivity index (χ0n) is 13.4. The number of piperidine rings is 1. The number of benzene rings is 1. The molecule has 1 saturated heterocycles. The molecule has 1 aromatic carbocycles. The number of carbonyl (C=O) groups is 1. The number of anilines is 1. The smallest absolute Gasteiger partial charge is 0.238 e. The molecule has 21 heavy (non-hydrogen) atoms. The van der Waals surface area contributed by atoms with Gasteiger partial charge in [0.05, 0.1) is 6.54 Å². The molecule has 0 saturated carbocycles. The molecular formula is C17H27N3O. The minimum absolute atomic E-state index is 0.0639. The first-order chi connectivity index (χ1) is 9.97. The third-order valence-electron chi connectivity index (χ3n) is 4.53. The molecule has 1 heterocycles. The van der Waals surface area contributed by atoms with E-state index in [-0.39, 0.29) is 11.9 Å². The lowest BCUT2D eigenvalue weighted by Crippen LogP contribution is -2.45. The van der Waals surface area contributed by atoms with Crippen LogP contribution in [0.3, 0.4) is 0 Å². The van der Waals surface area contributed by atoms with Crippen LogP contribution in [0.2, 0.25) is 0 Å². The highest BCUT2D eigenvalue weighted by molar-refractivity contribution is 5.93. The Morgan fingerprint density at radius 3 is 2.95 bits per heavy atom. The molecule has 0 spiro atoms. The number of hydrogen-bond donors (Lipinski definition) is 2. The second-order valence-electron chi connectivity index (χ2n) is 6.29. The Bertz CT molecular complexity index is 499. The fraction of sp³-hybridized carbons (Fsp3) is 0.588. The summed E-state index contributed by atoms with van der Waals surface area (Å²) in [7, 11) is 0. The van der Waals surface area contributed by atoms with Crippen molar-refractivity contribution in [2.75, 3.05) is 25.0 Å². The van der Waals surface area contributed by atoms with E-state index in [1.165, 1.54) is 12.0 Å². The normalized spacial score (nSPS) is 21.0. The van der Waals surface area contributed by atoms with Gasteiger partial charge in [0.15, 0.2) is 0 Å². The highest BCUT2D eigenvalue weighted by Crippen LogP contribution is 2.20. The van der Waals surface area contributed by atoms with E-state index in [1.807, 2.05) is 19.1 Å². The lowest BCUT2D eigenvalue weighted by Gasteiger charge is -2.34. The summed E-state index contributed by atoms with van der Waals surface area (Å²) in [5.74, 6) is 0.571. The van der Waals surface area contributed by atoms with E-state index < -0.39 is 0 Å². The van der Waals surface area contributed by atoms with Crippen molar-refractivity contribution in [2.45, 2.75) is 39.7 Å². The number of likely N-dealkylation sites (tertiary alicyclic amines) is 1. The van der Waals surface area contributed by atoms with Gasteiger partial charge in [-0.15, -0.1) is 0 Å². The molecule has 1 aromatic rings. The topological polar surface area (TPSA) is 58.4 Å². The average Bonchev–Trinajstić information content (AvgIpc) is 2.44. The number of rotatable bonds is 4. The van der Waals surface area contributed by atoms with Gasteiger partial charge in [-0.2, -0.15) is 0 Å². The number of nitrogens with one attached hydrogen (secondary N) is 1. The average molecular weight is 289 g/mol. The fourth-order valence-electron chi connectivity index (χ4n) is 2.94. The Hall–Kier alpha value is -1.39. The maximum absolute atomic E-state index is 12.2. The maximum atomic E-state index is 12.2. The molecule has 0 aromatic heterocycles. The van der Waals surface area contributed by atoms with Gasteiger partial charge in [-0.25, -0.2) is 0 Å². The Morgan fingerprint density at radius 1 is 1.48 bits per heavy atom. The first-order valence-electron chi connectivity index (χ1n) is 7.81. The van der Waals surface area contributed by atoms with Crippen LogP contribution in [0.25, 0.3) is 0 Å². The summed E-state index contributed by atoms with van der Waals surface area (Å²) in [4.78, 5) is 14.5. The number of amides is 1. The molecule has 1 aliphatic heterocycles. The highest BCUT2D eigenvalue weighted by atomic mass is 16.2. The molecule has 2 unspecified atom stereocenters. The van der Waals surface area contributed by atoms with Crippen LogP contribution in [-0.4, -0.2) is 36.5 Å². The standard InChI is InChI=1S/C17H27N3O/c1-12-6-4-8-16(13(12)2)19-17(21)11-20-9-5-7-15(10-20)14(3)18/h4,6,8,14-15H,5,7,9-11,18H2,1-3H3,(H,19,21). The Kier molecular flexibility index (Phi) is 5.37. The molecule has 2 rings (SSSR count). The third-order valence-corrected chi connectivity index (χ3v) is 4.53. The second-order valence-corrected chi connectivity index (χ2v) is 6.29. The van der Waals surface area contributed by atoms with Crippen LogP contribution in [0.1, 0.15) is 30.9 Å². The molecule has 1 aliphatic rings. The summed E-state index contributed by atoms with van der Waals surface area (Å²) < 4.78 is 0. The van der Waals surface area contributed by atoms with Gasteiger partial charge in [0.25, 0.3) is 0 Å². The monoisotopic (exact) mass is 289 g/mol. The minimum atomic E-state index is 0.0639. The Morgan fingerprint density at radius 2 is 2.24 bits per heavy atom. The van der Waals surface area contributed by atoms with Crippen molar-refractivity contribution in [1.82, 2.24) is 4.90 Å². The number of nitrogens with zero attached hydrogens (tertiary/aromatic N) is 1. The van der Waals surface area contributed by atoms with Crippen LogP contribution >= 0.6 is 0 Å². The summed E-state index contributed by atoms with van der Waals surface area (Å²) in [6.07, 6.45) is 2.30. The summed E-state index contributed by atoms with van der Waals surface area (Å²) in [5.41, 5.74) is 9.24. The molecule has 0 radical (unpaired) electrons. The molecule has 3 N–H and O–H groups in total. The van der Waals surface area contributed by atoms with Crippen LogP contribution in [0.15, 0.2) is 18.2 Å². The number of carbonyl (C=O) groups excluding carboxylic acids is 1. The van der Waals surface area contributed by atoms with E-state index in [1.54, 1.807) is 0 Å². The van der Waals surface area contributed by atoms with Crippen molar-refractivity contribution in [2.24, 2.45) is 11.7 Å². The molecule has 0 aliphatic carbocycles. The van der Waals surface area contributed by atoms with Gasteiger partial charge in [0.2, 0.25) is 5.91 Å². The largest absolute Gasteiger partial charge is 0.328 e. The first kappa shape index (κ1) is 16.0. The minimum Gasteiger partial charge on any atom is -0.328 e. The molecule has 4 nitrogen and oxygen atoms in total. The Labute approximate surface area is 127 Å². The predicted octanol–water partition coefficient (Wildman–Crippen LogP) is 2.30. The molecule has 1 amide bonds. The number of hydrogen-bond acceptors (Lipinski definition) is 3.